The van der Waals surface area contributed by atoms with Gasteiger partial charge in [0.2, 0.25) is 0 Å². The highest BCUT2D eigenvalue weighted by atomic mass is 16.1. The molecule has 0 spiro atoms. The van der Waals surface area contributed by atoms with E-state index in [1.165, 1.54) is 135 Å². The zero-order valence-corrected chi connectivity index (χ0v) is 17.3. The summed E-state index contributed by atoms with van der Waals surface area (Å²) in [5.74, 6) is 1.20. The van der Waals surface area contributed by atoms with E-state index in [1.54, 1.807) is 0 Å². The number of hydrogen-bond acceptors (Lipinski definition) is 1. The lowest BCUT2D eigenvalue weighted by atomic mass is 10.0. The first-order valence-electron chi connectivity index (χ1n) is 11.8. The maximum atomic E-state index is 10.6. The highest BCUT2D eigenvalue weighted by Gasteiger charge is 2.35. The molecule has 1 rings (SSSR count). The van der Waals surface area contributed by atoms with Gasteiger partial charge in [-0.2, -0.15) is 0 Å². The number of rotatable bonds is 20. The summed E-state index contributed by atoms with van der Waals surface area (Å²) in [7, 11) is 0. The SMILES string of the molecule is CCCCCCCCCCCCCCCCCCCC[C@H]1C[C@H]1C=O. The van der Waals surface area contributed by atoms with Crippen LogP contribution < -0.4 is 0 Å². The van der Waals surface area contributed by atoms with Crippen LogP contribution in [0.15, 0.2) is 0 Å². The van der Waals surface area contributed by atoms with E-state index in [2.05, 4.69) is 6.92 Å². The fraction of sp³-hybridized carbons (Fsp3) is 0.958. The van der Waals surface area contributed by atoms with Crippen molar-refractivity contribution in [2.45, 2.75) is 135 Å². The Morgan fingerprint density at radius 3 is 1.28 bits per heavy atom. The largest absolute Gasteiger partial charge is 0.303 e. The first kappa shape index (κ1) is 22.7. The van der Waals surface area contributed by atoms with Crippen LogP contribution in [0.4, 0.5) is 0 Å². The van der Waals surface area contributed by atoms with Crippen LogP contribution in [0.1, 0.15) is 135 Å². The summed E-state index contributed by atoms with van der Waals surface area (Å²) in [5.41, 5.74) is 0. The Labute approximate surface area is 158 Å². The van der Waals surface area contributed by atoms with Gasteiger partial charge in [0.15, 0.2) is 0 Å². The van der Waals surface area contributed by atoms with Gasteiger partial charge in [0.25, 0.3) is 0 Å². The number of carbonyl (C=O) groups is 1. The van der Waals surface area contributed by atoms with Crippen LogP contribution in [0.25, 0.3) is 0 Å². The number of carbonyl (C=O) groups excluding carboxylic acids is 1. The molecule has 0 aliphatic heterocycles. The highest BCUT2D eigenvalue weighted by molar-refractivity contribution is 5.58. The van der Waals surface area contributed by atoms with Gasteiger partial charge < -0.3 is 4.79 Å². The maximum absolute atomic E-state index is 10.6. The molecule has 1 aliphatic rings. The Kier molecular flexibility index (Phi) is 15.5. The molecule has 0 radical (unpaired) electrons. The van der Waals surface area contributed by atoms with Crippen molar-refractivity contribution < 1.29 is 4.79 Å². The van der Waals surface area contributed by atoms with Crippen LogP contribution in [0.5, 0.6) is 0 Å². The lowest BCUT2D eigenvalue weighted by Crippen LogP contribution is -1.86. The second-order valence-electron chi connectivity index (χ2n) is 8.59. The fourth-order valence-corrected chi connectivity index (χ4v) is 4.08. The van der Waals surface area contributed by atoms with Crippen LogP contribution in [-0.4, -0.2) is 6.29 Å². The average molecular weight is 351 g/mol. The Hall–Kier alpha value is -0.330. The minimum atomic E-state index is 0.436. The topological polar surface area (TPSA) is 17.1 Å². The van der Waals surface area contributed by atoms with Gasteiger partial charge in [0, 0.05) is 5.92 Å². The van der Waals surface area contributed by atoms with Crippen LogP contribution in [-0.2, 0) is 4.79 Å². The molecule has 0 amide bonds. The van der Waals surface area contributed by atoms with Gasteiger partial charge in [-0.15, -0.1) is 0 Å². The van der Waals surface area contributed by atoms with Gasteiger partial charge in [-0.25, -0.2) is 0 Å². The molecular formula is C24H46O. The van der Waals surface area contributed by atoms with Crippen LogP contribution in [0.2, 0.25) is 0 Å². The number of aldehydes is 1. The molecule has 148 valence electrons. The van der Waals surface area contributed by atoms with E-state index in [0.29, 0.717) is 5.92 Å². The summed E-state index contributed by atoms with van der Waals surface area (Å²) in [5, 5.41) is 0. The normalized spacial score (nSPS) is 19.2. The molecule has 1 fully saturated rings. The summed E-state index contributed by atoms with van der Waals surface area (Å²) in [6.45, 7) is 2.29. The third-order valence-corrected chi connectivity index (χ3v) is 6.08. The van der Waals surface area contributed by atoms with E-state index in [9.17, 15) is 4.79 Å². The van der Waals surface area contributed by atoms with Gasteiger partial charge >= 0.3 is 0 Å². The van der Waals surface area contributed by atoms with Crippen LogP contribution >= 0.6 is 0 Å². The first-order valence-corrected chi connectivity index (χ1v) is 11.8. The molecule has 0 aromatic rings. The third kappa shape index (κ3) is 14.5. The zero-order valence-electron chi connectivity index (χ0n) is 17.3. The fourth-order valence-electron chi connectivity index (χ4n) is 4.08. The quantitative estimate of drug-likeness (QED) is 0.159. The van der Waals surface area contributed by atoms with Gasteiger partial charge in [-0.05, 0) is 18.8 Å². The third-order valence-electron chi connectivity index (χ3n) is 6.08. The molecule has 2 atom stereocenters. The maximum Gasteiger partial charge on any atom is 0.123 e. The van der Waals surface area contributed by atoms with E-state index >= 15 is 0 Å². The highest BCUT2D eigenvalue weighted by Crippen LogP contribution is 2.40. The Morgan fingerprint density at radius 2 is 0.960 bits per heavy atom. The molecule has 0 heterocycles. The molecule has 1 nitrogen and oxygen atoms in total. The lowest BCUT2D eigenvalue weighted by Gasteiger charge is -2.04. The van der Waals surface area contributed by atoms with E-state index < -0.39 is 0 Å². The van der Waals surface area contributed by atoms with Crippen molar-refractivity contribution >= 4 is 6.29 Å². The molecule has 0 bridgehead atoms. The molecule has 1 heteroatoms. The average Bonchev–Trinajstić information content (AvgIpc) is 3.39. The Morgan fingerprint density at radius 1 is 0.600 bits per heavy atom. The zero-order chi connectivity index (χ0) is 18.0. The molecule has 0 aromatic heterocycles. The van der Waals surface area contributed by atoms with Crippen molar-refractivity contribution in [3.63, 3.8) is 0 Å². The summed E-state index contributed by atoms with van der Waals surface area (Å²) in [6, 6.07) is 0. The molecule has 1 saturated carbocycles. The second kappa shape index (κ2) is 17.1. The van der Waals surface area contributed by atoms with Crippen molar-refractivity contribution in [1.82, 2.24) is 0 Å². The lowest BCUT2D eigenvalue weighted by molar-refractivity contribution is -0.109. The number of hydrogen-bond donors (Lipinski definition) is 0. The van der Waals surface area contributed by atoms with Crippen molar-refractivity contribution in [2.75, 3.05) is 0 Å². The van der Waals surface area contributed by atoms with Gasteiger partial charge in [0.1, 0.15) is 6.29 Å². The van der Waals surface area contributed by atoms with E-state index in [4.69, 9.17) is 0 Å². The molecule has 0 aromatic carbocycles. The molecule has 0 N–H and O–H groups in total. The van der Waals surface area contributed by atoms with Crippen molar-refractivity contribution in [1.29, 1.82) is 0 Å². The van der Waals surface area contributed by atoms with Crippen molar-refractivity contribution in [3.8, 4) is 0 Å². The molecule has 1 aliphatic carbocycles. The minimum absolute atomic E-state index is 0.436. The smallest absolute Gasteiger partial charge is 0.123 e. The van der Waals surface area contributed by atoms with Gasteiger partial charge in [-0.1, -0.05) is 122 Å². The standard InChI is InChI=1S/C24H46O/c1-2-3-4-5-6-7-8-9-10-11-12-13-14-15-16-17-18-19-20-23-21-24(23)22-25/h22-24H,2-21H2,1H3/t23-,24-/m0/s1. The summed E-state index contributed by atoms with van der Waals surface area (Å²) in [6.07, 6.45) is 29.6. The Balaban J connectivity index is 1.62. The van der Waals surface area contributed by atoms with E-state index in [-0.39, 0.29) is 0 Å². The summed E-state index contributed by atoms with van der Waals surface area (Å²) in [4.78, 5) is 10.6. The van der Waals surface area contributed by atoms with Gasteiger partial charge in [0.05, 0.1) is 0 Å². The minimum Gasteiger partial charge on any atom is -0.303 e. The molecule has 25 heavy (non-hydrogen) atoms. The van der Waals surface area contributed by atoms with Crippen LogP contribution in [0, 0.1) is 11.8 Å². The van der Waals surface area contributed by atoms with Crippen molar-refractivity contribution in [2.24, 2.45) is 11.8 Å². The summed E-state index contributed by atoms with van der Waals surface area (Å²) >= 11 is 0. The van der Waals surface area contributed by atoms with E-state index in [1.807, 2.05) is 0 Å². The first-order chi connectivity index (χ1) is 12.4. The molecular weight excluding hydrogens is 304 g/mol. The second-order valence-corrected chi connectivity index (χ2v) is 8.59. The van der Waals surface area contributed by atoms with Crippen LogP contribution in [0.3, 0.4) is 0 Å². The van der Waals surface area contributed by atoms with Gasteiger partial charge in [-0.3, -0.25) is 0 Å². The Bertz CT molecular complexity index is 286. The summed E-state index contributed by atoms with van der Waals surface area (Å²) < 4.78 is 0. The molecule has 0 saturated heterocycles. The monoisotopic (exact) mass is 350 g/mol. The molecule has 0 unspecified atom stereocenters. The van der Waals surface area contributed by atoms with E-state index in [0.717, 1.165) is 5.92 Å². The van der Waals surface area contributed by atoms with Crippen molar-refractivity contribution in [3.05, 3.63) is 0 Å². The predicted octanol–water partition coefficient (Wildman–Crippen LogP) is 8.25. The predicted molar refractivity (Wildman–Crippen MR) is 111 cm³/mol. The number of unbranched alkanes of at least 4 members (excludes halogenated alkanes) is 17.